The zero-order valence-electron chi connectivity index (χ0n) is 12.1. The Morgan fingerprint density at radius 3 is 1.50 bits per heavy atom. The molecule has 0 aromatic carbocycles. The van der Waals surface area contributed by atoms with Crippen LogP contribution in [0.2, 0.25) is 0 Å². The van der Waals surface area contributed by atoms with Crippen molar-refractivity contribution < 1.29 is 24.8 Å². The van der Waals surface area contributed by atoms with Crippen LogP contribution in [0.5, 0.6) is 0 Å². The first-order valence-corrected chi connectivity index (χ1v) is 7.92. The Kier molecular flexibility index (Phi) is 6.71. The summed E-state index contributed by atoms with van der Waals surface area (Å²) in [7, 11) is 0. The molecular weight excluding hydrogens is 260 g/mol. The van der Waals surface area contributed by atoms with Crippen LogP contribution in [0.4, 0.5) is 0 Å². The zero-order chi connectivity index (χ0) is 14.4. The van der Waals surface area contributed by atoms with Crippen LogP contribution >= 0.6 is 0 Å². The van der Waals surface area contributed by atoms with Gasteiger partial charge in [0, 0.05) is 0 Å². The van der Waals surface area contributed by atoms with Crippen molar-refractivity contribution in [3.05, 3.63) is 0 Å². The van der Waals surface area contributed by atoms with Gasteiger partial charge in [-0.05, 0) is 51.4 Å². The van der Waals surface area contributed by atoms with E-state index in [4.69, 9.17) is 19.7 Å². The van der Waals surface area contributed by atoms with Crippen LogP contribution in [0.1, 0.15) is 51.4 Å². The van der Waals surface area contributed by atoms with Crippen molar-refractivity contribution in [3.8, 4) is 0 Å². The molecule has 4 unspecified atom stereocenters. The Labute approximate surface area is 120 Å². The van der Waals surface area contributed by atoms with Gasteiger partial charge in [-0.1, -0.05) is 0 Å². The van der Waals surface area contributed by atoms with Gasteiger partial charge in [-0.2, -0.15) is 0 Å². The topological polar surface area (TPSA) is 79.2 Å². The zero-order valence-corrected chi connectivity index (χ0v) is 12.1. The third kappa shape index (κ3) is 4.97. The molecule has 5 nitrogen and oxygen atoms in total. The molecule has 0 aromatic rings. The maximum Gasteiger partial charge on any atom is 0.0810 e. The summed E-state index contributed by atoms with van der Waals surface area (Å²) in [5.41, 5.74) is 0. The van der Waals surface area contributed by atoms with Gasteiger partial charge in [0.25, 0.3) is 0 Å². The van der Waals surface area contributed by atoms with Gasteiger partial charge in [0.1, 0.15) is 0 Å². The van der Waals surface area contributed by atoms with E-state index in [0.29, 0.717) is 0 Å². The summed E-state index contributed by atoms with van der Waals surface area (Å²) in [5.74, 6) is 0. The highest BCUT2D eigenvalue weighted by molar-refractivity contribution is 4.76. The molecule has 0 aliphatic carbocycles. The molecule has 2 heterocycles. The Morgan fingerprint density at radius 2 is 1.15 bits per heavy atom. The summed E-state index contributed by atoms with van der Waals surface area (Å²) in [6, 6.07) is 0. The first-order chi connectivity index (χ1) is 9.71. The second-order valence-corrected chi connectivity index (χ2v) is 6.09. The molecule has 0 spiro atoms. The lowest BCUT2D eigenvalue weighted by molar-refractivity contribution is -0.00555. The highest BCUT2D eigenvalue weighted by Gasteiger charge is 2.26. The Bertz CT molecular complexity index is 247. The SMILES string of the molecule is OCC1CCC(CCC(O)CCC2CCC(CO)O2)O1. The van der Waals surface area contributed by atoms with Gasteiger partial charge in [-0.3, -0.25) is 0 Å². The summed E-state index contributed by atoms with van der Waals surface area (Å²) < 4.78 is 11.3. The van der Waals surface area contributed by atoms with Crippen LogP contribution in [0.3, 0.4) is 0 Å². The molecule has 20 heavy (non-hydrogen) atoms. The molecule has 0 amide bonds. The molecule has 118 valence electrons. The third-order valence-corrected chi connectivity index (χ3v) is 4.44. The van der Waals surface area contributed by atoms with Gasteiger partial charge < -0.3 is 24.8 Å². The third-order valence-electron chi connectivity index (χ3n) is 4.44. The lowest BCUT2D eigenvalue weighted by Crippen LogP contribution is -2.19. The first-order valence-electron chi connectivity index (χ1n) is 7.92. The average Bonchev–Trinajstić information content (AvgIpc) is 3.11. The molecule has 2 aliphatic heterocycles. The molecule has 5 heteroatoms. The fourth-order valence-corrected chi connectivity index (χ4v) is 3.15. The summed E-state index contributed by atoms with van der Waals surface area (Å²) >= 11 is 0. The lowest BCUT2D eigenvalue weighted by Gasteiger charge is -2.17. The van der Waals surface area contributed by atoms with E-state index in [1.807, 2.05) is 0 Å². The summed E-state index contributed by atoms with van der Waals surface area (Å²) in [6.07, 6.45) is 7.15. The van der Waals surface area contributed by atoms with E-state index in [0.717, 1.165) is 51.4 Å². The maximum atomic E-state index is 10.0. The smallest absolute Gasteiger partial charge is 0.0810 e. The molecule has 0 saturated carbocycles. The van der Waals surface area contributed by atoms with E-state index >= 15 is 0 Å². The van der Waals surface area contributed by atoms with Crippen molar-refractivity contribution in [3.63, 3.8) is 0 Å². The number of ether oxygens (including phenoxy) is 2. The largest absolute Gasteiger partial charge is 0.394 e. The van der Waals surface area contributed by atoms with Crippen LogP contribution in [-0.4, -0.2) is 59.1 Å². The van der Waals surface area contributed by atoms with E-state index in [1.165, 1.54) is 0 Å². The Balaban J connectivity index is 1.53. The fraction of sp³-hybridized carbons (Fsp3) is 1.00. The second-order valence-electron chi connectivity index (χ2n) is 6.09. The van der Waals surface area contributed by atoms with Crippen molar-refractivity contribution in [1.29, 1.82) is 0 Å². The minimum atomic E-state index is -0.302. The van der Waals surface area contributed by atoms with Crippen LogP contribution in [-0.2, 0) is 9.47 Å². The summed E-state index contributed by atoms with van der Waals surface area (Å²) in [5, 5.41) is 28.0. The van der Waals surface area contributed by atoms with E-state index in [9.17, 15) is 5.11 Å². The van der Waals surface area contributed by atoms with Gasteiger partial charge in [0.05, 0.1) is 43.7 Å². The predicted molar refractivity (Wildman–Crippen MR) is 74.4 cm³/mol. The van der Waals surface area contributed by atoms with E-state index < -0.39 is 0 Å². The Hall–Kier alpha value is -0.200. The molecule has 4 atom stereocenters. The van der Waals surface area contributed by atoms with E-state index in [-0.39, 0.29) is 43.7 Å². The van der Waals surface area contributed by atoms with Gasteiger partial charge >= 0.3 is 0 Å². The second kappa shape index (κ2) is 8.29. The monoisotopic (exact) mass is 288 g/mol. The highest BCUT2D eigenvalue weighted by atomic mass is 16.5. The minimum absolute atomic E-state index is 0.000512. The van der Waals surface area contributed by atoms with Gasteiger partial charge in [0.2, 0.25) is 0 Å². The molecular formula is C15H28O5. The van der Waals surface area contributed by atoms with Crippen molar-refractivity contribution in [1.82, 2.24) is 0 Å². The lowest BCUT2D eigenvalue weighted by atomic mass is 10.0. The quantitative estimate of drug-likeness (QED) is 0.621. The van der Waals surface area contributed by atoms with Crippen molar-refractivity contribution in [2.75, 3.05) is 13.2 Å². The minimum Gasteiger partial charge on any atom is -0.394 e. The van der Waals surface area contributed by atoms with E-state index in [1.54, 1.807) is 0 Å². The maximum absolute atomic E-state index is 10.0. The summed E-state index contributed by atoms with van der Waals surface area (Å²) in [4.78, 5) is 0. The Morgan fingerprint density at radius 1 is 0.750 bits per heavy atom. The normalized spacial score (nSPS) is 35.5. The number of aliphatic hydroxyl groups is 3. The number of hydrogen-bond acceptors (Lipinski definition) is 5. The first kappa shape index (κ1) is 16.2. The average molecular weight is 288 g/mol. The van der Waals surface area contributed by atoms with Gasteiger partial charge in [-0.15, -0.1) is 0 Å². The molecule has 0 aromatic heterocycles. The van der Waals surface area contributed by atoms with Crippen LogP contribution < -0.4 is 0 Å². The molecule has 2 rings (SSSR count). The van der Waals surface area contributed by atoms with Gasteiger partial charge in [-0.25, -0.2) is 0 Å². The van der Waals surface area contributed by atoms with Crippen LogP contribution in [0.15, 0.2) is 0 Å². The number of hydrogen-bond donors (Lipinski definition) is 3. The van der Waals surface area contributed by atoms with Crippen LogP contribution in [0.25, 0.3) is 0 Å². The molecule has 2 fully saturated rings. The van der Waals surface area contributed by atoms with Crippen molar-refractivity contribution >= 4 is 0 Å². The molecule has 2 aliphatic rings. The standard InChI is InChI=1S/C15H28O5/c16-9-14-7-5-12(19-14)3-1-11(18)2-4-13-6-8-15(10-17)20-13/h11-18H,1-10H2. The predicted octanol–water partition coefficient (Wildman–Crippen LogP) is 0.987. The van der Waals surface area contributed by atoms with Crippen molar-refractivity contribution in [2.45, 2.75) is 81.9 Å². The fourth-order valence-electron chi connectivity index (χ4n) is 3.15. The van der Waals surface area contributed by atoms with Crippen molar-refractivity contribution in [2.24, 2.45) is 0 Å². The molecule has 0 radical (unpaired) electrons. The van der Waals surface area contributed by atoms with Crippen LogP contribution in [0, 0.1) is 0 Å². The van der Waals surface area contributed by atoms with Gasteiger partial charge in [0.15, 0.2) is 0 Å². The van der Waals surface area contributed by atoms with E-state index in [2.05, 4.69) is 0 Å². The molecule has 0 bridgehead atoms. The number of aliphatic hydroxyl groups excluding tert-OH is 3. The highest BCUT2D eigenvalue weighted by Crippen LogP contribution is 2.26. The molecule has 2 saturated heterocycles. The molecule has 3 N–H and O–H groups in total. The number of rotatable bonds is 8. The summed E-state index contributed by atoms with van der Waals surface area (Å²) in [6.45, 7) is 0.203.